The Morgan fingerprint density at radius 3 is 2.00 bits per heavy atom. The molecule has 1 nitrogen and oxygen atoms in total. The third-order valence-electron chi connectivity index (χ3n) is 3.80. The van der Waals surface area contributed by atoms with E-state index >= 15 is 0 Å². The summed E-state index contributed by atoms with van der Waals surface area (Å²) in [5, 5.41) is 0.224. The summed E-state index contributed by atoms with van der Waals surface area (Å²) in [6.07, 6.45) is 0. The van der Waals surface area contributed by atoms with Crippen molar-refractivity contribution >= 4 is 18.0 Å². The van der Waals surface area contributed by atoms with Crippen molar-refractivity contribution in [3.05, 3.63) is 29.8 Å². The summed E-state index contributed by atoms with van der Waals surface area (Å²) < 4.78 is 6.44. The van der Waals surface area contributed by atoms with Crippen molar-refractivity contribution in [3.63, 3.8) is 0 Å². The molecule has 0 N–H and O–H groups in total. The van der Waals surface area contributed by atoms with Crippen LogP contribution >= 0.6 is 9.69 Å². The Hall–Kier alpha value is 0.150. The minimum absolute atomic E-state index is 0.0927. The second kappa shape index (κ2) is 7.42. The van der Waals surface area contributed by atoms with Gasteiger partial charge in [-0.3, -0.25) is 0 Å². The quantitative estimate of drug-likeness (QED) is 0.472. The summed E-state index contributed by atoms with van der Waals surface area (Å²) in [6, 6.07) is 9.22. The number of rotatable bonds is 2. The number of hydrogen-bond acceptors (Lipinski definition) is 1. The van der Waals surface area contributed by atoms with Gasteiger partial charge in [0.05, 0.1) is 0 Å². The van der Waals surface area contributed by atoms with Crippen molar-refractivity contribution in [2.24, 2.45) is 0 Å². The molecule has 110 valence electrons. The molecule has 0 unspecified atom stereocenters. The molecule has 0 saturated heterocycles. The first-order valence-electron chi connectivity index (χ1n) is 6.91. The molecule has 0 fully saturated rings. The van der Waals surface area contributed by atoms with Crippen LogP contribution in [0.2, 0.25) is 18.1 Å². The molecular weight excluding hydrogens is 337 g/mol. The third-order valence-corrected chi connectivity index (χ3v) is 8.15. The van der Waals surface area contributed by atoms with E-state index in [9.17, 15) is 0 Å². The van der Waals surface area contributed by atoms with Crippen LogP contribution in [0, 0.1) is 6.07 Å². The fraction of sp³-hybridized carbons (Fsp3) is 0.625. The second-order valence-corrected chi connectivity index (χ2v) is 12.3. The van der Waals surface area contributed by atoms with Crippen LogP contribution in [0.15, 0.2) is 18.2 Å². The first kappa shape index (κ1) is 20.2. The molecule has 0 radical (unpaired) electrons. The van der Waals surface area contributed by atoms with Crippen LogP contribution in [-0.2, 0) is 22.7 Å². The SMILES string of the molecule is CC(C)(C)c1c[c-]ccc1O[Si](C)(C)C(C)(C)C.[Cl][Zn+]. The fourth-order valence-corrected chi connectivity index (χ4v) is 2.55. The van der Waals surface area contributed by atoms with Crippen molar-refractivity contribution in [2.45, 2.75) is 65.1 Å². The van der Waals surface area contributed by atoms with E-state index in [0.29, 0.717) is 0 Å². The Bertz CT molecular complexity index is 419. The Balaban J connectivity index is 0.00000172. The summed E-state index contributed by atoms with van der Waals surface area (Å²) in [4.78, 5) is 0. The van der Waals surface area contributed by atoms with Gasteiger partial charge in [-0.2, -0.15) is 18.2 Å². The Labute approximate surface area is 140 Å². The molecule has 1 aromatic carbocycles. The van der Waals surface area contributed by atoms with Crippen molar-refractivity contribution in [3.8, 4) is 5.75 Å². The van der Waals surface area contributed by atoms with Crippen LogP contribution in [-0.4, -0.2) is 8.32 Å². The van der Waals surface area contributed by atoms with Gasteiger partial charge in [0.15, 0.2) is 0 Å². The summed E-state index contributed by atoms with van der Waals surface area (Å²) in [6.45, 7) is 18.0. The Kier molecular flexibility index (Phi) is 7.48. The summed E-state index contributed by atoms with van der Waals surface area (Å²) >= 11 is 0.847. The molecule has 0 atom stereocenters. The van der Waals surface area contributed by atoms with Gasteiger partial charge in [0.2, 0.25) is 8.32 Å². The average Bonchev–Trinajstić information content (AvgIpc) is 2.29. The zero-order valence-corrected chi connectivity index (χ0v) is 18.9. The van der Waals surface area contributed by atoms with E-state index in [4.69, 9.17) is 14.1 Å². The first-order valence-corrected chi connectivity index (χ1v) is 13.7. The second-order valence-electron chi connectivity index (χ2n) is 7.53. The van der Waals surface area contributed by atoms with Crippen molar-refractivity contribution in [1.29, 1.82) is 0 Å². The maximum atomic E-state index is 6.44. The number of halogens is 1. The monoisotopic (exact) mass is 362 g/mol. The van der Waals surface area contributed by atoms with E-state index in [1.807, 2.05) is 6.07 Å². The fourth-order valence-electron chi connectivity index (χ4n) is 1.52. The van der Waals surface area contributed by atoms with Crippen LogP contribution in [0.25, 0.3) is 0 Å². The molecule has 0 aliphatic carbocycles. The predicted molar refractivity (Wildman–Crippen MR) is 87.7 cm³/mol. The van der Waals surface area contributed by atoms with Gasteiger partial charge < -0.3 is 4.43 Å². The van der Waals surface area contributed by atoms with E-state index in [-0.39, 0.29) is 10.5 Å². The van der Waals surface area contributed by atoms with Crippen LogP contribution in [0.1, 0.15) is 47.1 Å². The van der Waals surface area contributed by atoms with Gasteiger partial charge in [-0.15, -0.1) is 11.6 Å². The van der Waals surface area contributed by atoms with Crippen molar-refractivity contribution in [1.82, 2.24) is 0 Å². The molecule has 0 saturated carbocycles. The van der Waals surface area contributed by atoms with Crippen molar-refractivity contribution in [2.75, 3.05) is 0 Å². The van der Waals surface area contributed by atoms with E-state index in [1.165, 1.54) is 5.56 Å². The Morgan fingerprint density at radius 2 is 1.60 bits per heavy atom. The summed E-state index contributed by atoms with van der Waals surface area (Å²) in [5.74, 6) is 1.04. The standard InChI is InChI=1S/C16H27OSi.ClH.Zn/c1-15(2,3)13-11-9-10-12-14(13)17-18(7,8)16(4,5)6;;/h10-12H,1-8H3;1H;/q-1;;+2/p-1. The molecule has 4 heteroatoms. The van der Waals surface area contributed by atoms with Gasteiger partial charge >= 0.3 is 27.0 Å². The zero-order valence-electron chi connectivity index (χ0n) is 14.2. The van der Waals surface area contributed by atoms with Gasteiger partial charge in [-0.1, -0.05) is 47.0 Å². The zero-order chi connectivity index (χ0) is 16.2. The Morgan fingerprint density at radius 1 is 1.10 bits per heavy atom. The average molecular weight is 364 g/mol. The number of benzene rings is 1. The minimum atomic E-state index is -1.77. The molecule has 0 amide bonds. The van der Waals surface area contributed by atoms with Crippen molar-refractivity contribution < 1.29 is 21.7 Å². The maximum absolute atomic E-state index is 6.44. The van der Waals surface area contributed by atoms with Crippen LogP contribution < -0.4 is 4.43 Å². The van der Waals surface area contributed by atoms with Gasteiger partial charge in [0.1, 0.15) is 0 Å². The molecule has 20 heavy (non-hydrogen) atoms. The van der Waals surface area contributed by atoms with E-state index in [1.54, 1.807) is 0 Å². The van der Waals surface area contributed by atoms with E-state index in [0.717, 1.165) is 23.1 Å². The van der Waals surface area contributed by atoms with Gasteiger partial charge in [-0.25, -0.2) is 0 Å². The van der Waals surface area contributed by atoms with Gasteiger partial charge in [0, 0.05) is 0 Å². The summed E-state index contributed by atoms with van der Waals surface area (Å²) in [7, 11) is 2.99. The molecule has 1 rings (SSSR count). The van der Waals surface area contributed by atoms with E-state index in [2.05, 4.69) is 72.8 Å². The van der Waals surface area contributed by atoms with Crippen LogP contribution in [0.4, 0.5) is 0 Å². The topological polar surface area (TPSA) is 9.23 Å². The molecule has 0 spiro atoms. The van der Waals surface area contributed by atoms with Crippen LogP contribution in [0.3, 0.4) is 0 Å². The predicted octanol–water partition coefficient (Wildman–Crippen LogP) is 5.86. The molecule has 0 aliphatic rings. The summed E-state index contributed by atoms with van der Waals surface area (Å²) in [5.41, 5.74) is 1.34. The van der Waals surface area contributed by atoms with Gasteiger partial charge in [0.25, 0.3) is 0 Å². The molecule has 0 aliphatic heterocycles. The van der Waals surface area contributed by atoms with Gasteiger partial charge in [-0.05, 0) is 23.9 Å². The molecular formula is C16H27ClOSiZn. The van der Waals surface area contributed by atoms with Crippen LogP contribution in [0.5, 0.6) is 5.75 Å². The molecule has 1 aromatic rings. The molecule has 0 aromatic heterocycles. The normalized spacial score (nSPS) is 12.6. The first-order chi connectivity index (χ1) is 8.95. The molecule has 0 heterocycles. The van der Waals surface area contributed by atoms with E-state index < -0.39 is 8.32 Å². The third kappa shape index (κ3) is 5.50. The number of hydrogen-bond donors (Lipinski definition) is 0. The molecule has 0 bridgehead atoms.